The first-order valence-corrected chi connectivity index (χ1v) is 7.30. The highest BCUT2D eigenvalue weighted by Crippen LogP contribution is 2.34. The van der Waals surface area contributed by atoms with E-state index in [1.54, 1.807) is 12.1 Å². The van der Waals surface area contributed by atoms with Crippen molar-refractivity contribution >= 4 is 21.7 Å². The van der Waals surface area contributed by atoms with Gasteiger partial charge in [-0.25, -0.2) is 4.39 Å². The van der Waals surface area contributed by atoms with Gasteiger partial charge < -0.3 is 4.74 Å². The van der Waals surface area contributed by atoms with Crippen LogP contribution in [0, 0.1) is 26.6 Å². The maximum absolute atomic E-state index is 14.0. The fourth-order valence-corrected chi connectivity index (χ4v) is 2.88. The lowest BCUT2D eigenvalue weighted by Crippen LogP contribution is -2.10. The Bertz CT molecular complexity index is 723. The molecule has 0 amide bonds. The standard InChI is InChI=1S/C17H16BrFO2/c1-9-5-6-14(19)12(7-9)16(20)15-11(3)13(18)8-10(2)17(15)21-4/h5-8H,1-4H3. The summed E-state index contributed by atoms with van der Waals surface area (Å²) in [5.74, 6) is -0.402. The summed E-state index contributed by atoms with van der Waals surface area (Å²) in [5.41, 5.74) is 2.86. The molecule has 110 valence electrons. The molecule has 21 heavy (non-hydrogen) atoms. The number of hydrogen-bond acceptors (Lipinski definition) is 2. The minimum Gasteiger partial charge on any atom is -0.496 e. The number of ketones is 1. The number of hydrogen-bond donors (Lipinski definition) is 0. The molecule has 0 fully saturated rings. The minimum atomic E-state index is -0.523. The summed E-state index contributed by atoms with van der Waals surface area (Å²) in [5, 5.41) is 0. The van der Waals surface area contributed by atoms with Crippen LogP contribution in [0.4, 0.5) is 4.39 Å². The van der Waals surface area contributed by atoms with Crippen molar-refractivity contribution in [2.75, 3.05) is 7.11 Å². The van der Waals surface area contributed by atoms with Gasteiger partial charge in [0.15, 0.2) is 5.78 Å². The van der Waals surface area contributed by atoms with Crippen LogP contribution in [0.25, 0.3) is 0 Å². The Morgan fingerprint density at radius 3 is 2.48 bits per heavy atom. The molecule has 0 heterocycles. The van der Waals surface area contributed by atoms with Crippen LogP contribution >= 0.6 is 15.9 Å². The molecular formula is C17H16BrFO2. The van der Waals surface area contributed by atoms with E-state index < -0.39 is 5.82 Å². The summed E-state index contributed by atoms with van der Waals surface area (Å²) in [6.07, 6.45) is 0. The van der Waals surface area contributed by atoms with Crippen LogP contribution in [0.3, 0.4) is 0 Å². The van der Waals surface area contributed by atoms with E-state index in [1.807, 2.05) is 26.8 Å². The van der Waals surface area contributed by atoms with Crippen molar-refractivity contribution in [1.82, 2.24) is 0 Å². The zero-order chi connectivity index (χ0) is 15.7. The molecule has 0 aliphatic rings. The molecule has 2 aromatic rings. The number of rotatable bonds is 3. The van der Waals surface area contributed by atoms with E-state index in [0.29, 0.717) is 11.3 Å². The molecule has 0 aromatic heterocycles. The SMILES string of the molecule is COc1c(C)cc(Br)c(C)c1C(=O)c1cc(C)ccc1F. The third-order valence-corrected chi connectivity index (χ3v) is 4.28. The molecule has 0 unspecified atom stereocenters. The molecule has 0 N–H and O–H groups in total. The summed E-state index contributed by atoms with van der Waals surface area (Å²) >= 11 is 3.43. The lowest BCUT2D eigenvalue weighted by atomic mass is 9.95. The Morgan fingerprint density at radius 1 is 1.19 bits per heavy atom. The van der Waals surface area contributed by atoms with E-state index >= 15 is 0 Å². The monoisotopic (exact) mass is 350 g/mol. The molecule has 2 rings (SSSR count). The maximum Gasteiger partial charge on any atom is 0.200 e. The highest BCUT2D eigenvalue weighted by atomic mass is 79.9. The largest absolute Gasteiger partial charge is 0.496 e. The van der Waals surface area contributed by atoms with Gasteiger partial charge in [0.2, 0.25) is 0 Å². The normalized spacial score (nSPS) is 10.6. The van der Waals surface area contributed by atoms with Gasteiger partial charge in [0.25, 0.3) is 0 Å². The van der Waals surface area contributed by atoms with Gasteiger partial charge in [0.05, 0.1) is 18.2 Å². The second-order valence-electron chi connectivity index (χ2n) is 5.02. The van der Waals surface area contributed by atoms with Crippen molar-refractivity contribution in [2.24, 2.45) is 0 Å². The van der Waals surface area contributed by atoms with Gasteiger partial charge in [0, 0.05) is 4.47 Å². The number of carbonyl (C=O) groups is 1. The fraction of sp³-hybridized carbons (Fsp3) is 0.235. The van der Waals surface area contributed by atoms with Gasteiger partial charge in [0.1, 0.15) is 11.6 Å². The average Bonchev–Trinajstić information content (AvgIpc) is 2.44. The van der Waals surface area contributed by atoms with Crippen molar-refractivity contribution in [3.05, 3.63) is 62.4 Å². The van der Waals surface area contributed by atoms with E-state index in [9.17, 15) is 9.18 Å². The zero-order valence-electron chi connectivity index (χ0n) is 12.4. The zero-order valence-corrected chi connectivity index (χ0v) is 14.0. The van der Waals surface area contributed by atoms with Gasteiger partial charge in [-0.1, -0.05) is 27.6 Å². The van der Waals surface area contributed by atoms with Gasteiger partial charge in [-0.2, -0.15) is 0 Å². The van der Waals surface area contributed by atoms with E-state index in [4.69, 9.17) is 4.74 Å². The number of halogens is 2. The number of aryl methyl sites for hydroxylation is 2. The van der Waals surface area contributed by atoms with Gasteiger partial charge >= 0.3 is 0 Å². The summed E-state index contributed by atoms with van der Waals surface area (Å²) < 4.78 is 20.2. The highest BCUT2D eigenvalue weighted by Gasteiger charge is 2.23. The first-order valence-electron chi connectivity index (χ1n) is 6.51. The van der Waals surface area contributed by atoms with E-state index in [-0.39, 0.29) is 11.3 Å². The van der Waals surface area contributed by atoms with Gasteiger partial charge in [-0.15, -0.1) is 0 Å². The van der Waals surface area contributed by atoms with Crippen LogP contribution in [0.15, 0.2) is 28.7 Å². The summed E-state index contributed by atoms with van der Waals surface area (Å²) in [7, 11) is 1.51. The second-order valence-corrected chi connectivity index (χ2v) is 5.88. The Kier molecular flexibility index (Phi) is 4.47. The van der Waals surface area contributed by atoms with Crippen LogP contribution in [-0.4, -0.2) is 12.9 Å². The molecule has 0 radical (unpaired) electrons. The molecule has 2 aromatic carbocycles. The molecule has 0 saturated carbocycles. The number of methoxy groups -OCH3 is 1. The van der Waals surface area contributed by atoms with Crippen LogP contribution < -0.4 is 4.74 Å². The quantitative estimate of drug-likeness (QED) is 0.746. The van der Waals surface area contributed by atoms with Gasteiger partial charge in [-0.05, 0) is 50.1 Å². The van der Waals surface area contributed by atoms with Crippen molar-refractivity contribution in [1.29, 1.82) is 0 Å². The van der Waals surface area contributed by atoms with Crippen LogP contribution in [0.1, 0.15) is 32.6 Å². The third-order valence-electron chi connectivity index (χ3n) is 3.46. The van der Waals surface area contributed by atoms with Crippen molar-refractivity contribution in [3.8, 4) is 5.75 Å². The molecule has 0 aliphatic carbocycles. The molecule has 4 heteroatoms. The third kappa shape index (κ3) is 2.86. The molecule has 0 bridgehead atoms. The Morgan fingerprint density at radius 2 is 1.86 bits per heavy atom. The van der Waals surface area contributed by atoms with Crippen molar-refractivity contribution in [2.45, 2.75) is 20.8 Å². The van der Waals surface area contributed by atoms with E-state index in [2.05, 4.69) is 15.9 Å². The lowest BCUT2D eigenvalue weighted by Gasteiger charge is -2.15. The summed E-state index contributed by atoms with van der Waals surface area (Å²) in [6, 6.07) is 6.40. The lowest BCUT2D eigenvalue weighted by molar-refractivity contribution is 0.103. The number of carbonyl (C=O) groups excluding carboxylic acids is 1. The fourth-order valence-electron chi connectivity index (χ4n) is 2.34. The highest BCUT2D eigenvalue weighted by molar-refractivity contribution is 9.10. The molecule has 0 aliphatic heterocycles. The molecular weight excluding hydrogens is 335 g/mol. The van der Waals surface area contributed by atoms with Crippen LogP contribution in [-0.2, 0) is 0 Å². The second kappa shape index (κ2) is 5.98. The van der Waals surface area contributed by atoms with Crippen LogP contribution in [0.2, 0.25) is 0 Å². The molecule has 2 nitrogen and oxygen atoms in total. The molecule has 0 atom stereocenters. The predicted octanol–water partition coefficient (Wildman–Crippen LogP) is 4.75. The van der Waals surface area contributed by atoms with Gasteiger partial charge in [-0.3, -0.25) is 4.79 Å². The topological polar surface area (TPSA) is 26.3 Å². The van der Waals surface area contributed by atoms with E-state index in [0.717, 1.165) is 21.2 Å². The Labute approximate surface area is 132 Å². The minimum absolute atomic E-state index is 0.0638. The first kappa shape index (κ1) is 15.7. The van der Waals surface area contributed by atoms with Crippen LogP contribution in [0.5, 0.6) is 5.75 Å². The predicted molar refractivity (Wildman–Crippen MR) is 84.7 cm³/mol. The number of ether oxygens (including phenoxy) is 1. The van der Waals surface area contributed by atoms with Crippen molar-refractivity contribution in [3.63, 3.8) is 0 Å². The van der Waals surface area contributed by atoms with E-state index in [1.165, 1.54) is 13.2 Å². The Balaban J connectivity index is 2.71. The molecule has 0 spiro atoms. The Hall–Kier alpha value is -1.68. The first-order chi connectivity index (χ1) is 9.86. The molecule has 0 saturated heterocycles. The average molecular weight is 351 g/mol. The smallest absolute Gasteiger partial charge is 0.200 e. The summed E-state index contributed by atoms with van der Waals surface area (Å²) in [4.78, 5) is 12.8. The van der Waals surface area contributed by atoms with Crippen molar-refractivity contribution < 1.29 is 13.9 Å². The maximum atomic E-state index is 14.0. The number of benzene rings is 2. The summed E-state index contributed by atoms with van der Waals surface area (Å²) in [6.45, 7) is 5.49.